The van der Waals surface area contributed by atoms with Crippen LogP contribution in [0, 0.1) is 0 Å². The minimum absolute atomic E-state index is 0.117. The molecular weight excluding hydrogens is 374 g/mol. The highest BCUT2D eigenvalue weighted by Crippen LogP contribution is 2.27. The van der Waals surface area contributed by atoms with Crippen molar-refractivity contribution in [3.63, 3.8) is 0 Å². The third-order valence-corrected chi connectivity index (χ3v) is 5.06. The standard InChI is InChI=1S/C20H21N5O2S/c1-4-13-25-18(15-9-11-21-12-10-15)23-24-20(25)28-14(2)19(26)22-16-5-7-17(27-3)8-6-16/h4-12,14H,1,13H2,2-3H3,(H,22,26)/t14-/m1/s1. The van der Waals surface area contributed by atoms with Gasteiger partial charge in [-0.25, -0.2) is 0 Å². The zero-order valence-corrected chi connectivity index (χ0v) is 16.5. The molecule has 0 aliphatic carbocycles. The summed E-state index contributed by atoms with van der Waals surface area (Å²) in [6, 6.07) is 11.0. The van der Waals surface area contributed by atoms with Gasteiger partial charge in [-0.15, -0.1) is 16.8 Å². The highest BCUT2D eigenvalue weighted by molar-refractivity contribution is 8.00. The van der Waals surface area contributed by atoms with Crippen LogP contribution >= 0.6 is 11.8 Å². The number of carbonyl (C=O) groups is 1. The molecule has 0 unspecified atom stereocenters. The van der Waals surface area contributed by atoms with E-state index in [0.29, 0.717) is 23.2 Å². The third kappa shape index (κ3) is 4.58. The minimum Gasteiger partial charge on any atom is -0.497 e. The van der Waals surface area contributed by atoms with Gasteiger partial charge < -0.3 is 10.1 Å². The third-order valence-electron chi connectivity index (χ3n) is 3.98. The van der Waals surface area contributed by atoms with Crippen molar-refractivity contribution in [1.82, 2.24) is 19.7 Å². The predicted octanol–water partition coefficient (Wildman–Crippen LogP) is 3.65. The van der Waals surface area contributed by atoms with E-state index in [1.807, 2.05) is 23.6 Å². The van der Waals surface area contributed by atoms with E-state index in [1.54, 1.807) is 49.8 Å². The van der Waals surface area contributed by atoms with E-state index in [0.717, 1.165) is 11.3 Å². The Kier molecular flexibility index (Phi) is 6.44. The van der Waals surface area contributed by atoms with Crippen molar-refractivity contribution in [2.45, 2.75) is 23.9 Å². The summed E-state index contributed by atoms with van der Waals surface area (Å²) < 4.78 is 7.06. The highest BCUT2D eigenvalue weighted by Gasteiger charge is 2.20. The molecule has 2 aromatic heterocycles. The first kappa shape index (κ1) is 19.6. The summed E-state index contributed by atoms with van der Waals surface area (Å²) in [6.45, 7) is 6.19. The molecule has 3 rings (SSSR count). The summed E-state index contributed by atoms with van der Waals surface area (Å²) in [5.74, 6) is 1.34. The minimum atomic E-state index is -0.361. The molecule has 28 heavy (non-hydrogen) atoms. The molecule has 0 radical (unpaired) electrons. The average molecular weight is 395 g/mol. The monoisotopic (exact) mass is 395 g/mol. The molecule has 0 saturated carbocycles. The van der Waals surface area contributed by atoms with Crippen LogP contribution in [0.1, 0.15) is 6.92 Å². The summed E-state index contributed by atoms with van der Waals surface area (Å²) in [4.78, 5) is 16.6. The van der Waals surface area contributed by atoms with Crippen LogP contribution < -0.4 is 10.1 Å². The van der Waals surface area contributed by atoms with Crippen LogP contribution in [0.5, 0.6) is 5.75 Å². The fraction of sp³-hybridized carbons (Fsp3) is 0.200. The lowest BCUT2D eigenvalue weighted by atomic mass is 10.2. The number of benzene rings is 1. The molecule has 7 nitrogen and oxygen atoms in total. The maximum atomic E-state index is 12.6. The molecule has 0 aliphatic heterocycles. The van der Waals surface area contributed by atoms with E-state index in [2.05, 4.69) is 27.1 Å². The molecule has 1 atom stereocenters. The van der Waals surface area contributed by atoms with Crippen molar-refractivity contribution in [2.24, 2.45) is 0 Å². The first-order valence-corrected chi connectivity index (χ1v) is 9.56. The van der Waals surface area contributed by atoms with Crippen LogP contribution in [0.15, 0.2) is 66.6 Å². The van der Waals surface area contributed by atoms with Gasteiger partial charge in [0.2, 0.25) is 5.91 Å². The first-order chi connectivity index (χ1) is 13.6. The number of allylic oxidation sites excluding steroid dienone is 1. The molecule has 8 heteroatoms. The van der Waals surface area contributed by atoms with E-state index >= 15 is 0 Å². The van der Waals surface area contributed by atoms with Crippen molar-refractivity contribution in [2.75, 3.05) is 12.4 Å². The number of thioether (sulfide) groups is 1. The SMILES string of the molecule is C=CCn1c(S[C@H](C)C(=O)Nc2ccc(OC)cc2)nnc1-c1ccncc1. The van der Waals surface area contributed by atoms with Gasteiger partial charge in [0.25, 0.3) is 0 Å². The quantitative estimate of drug-likeness (QED) is 0.463. The molecule has 0 saturated heterocycles. The molecule has 1 aromatic carbocycles. The zero-order valence-electron chi connectivity index (χ0n) is 15.7. The van der Waals surface area contributed by atoms with Gasteiger partial charge in [-0.3, -0.25) is 14.3 Å². The number of anilines is 1. The summed E-state index contributed by atoms with van der Waals surface area (Å²) in [5, 5.41) is 11.8. The Morgan fingerprint density at radius 3 is 2.61 bits per heavy atom. The number of rotatable bonds is 8. The van der Waals surface area contributed by atoms with Crippen molar-refractivity contribution in [1.29, 1.82) is 0 Å². The van der Waals surface area contributed by atoms with Gasteiger partial charge in [0, 0.05) is 30.2 Å². The average Bonchev–Trinajstić information content (AvgIpc) is 3.11. The van der Waals surface area contributed by atoms with Gasteiger partial charge in [0.05, 0.1) is 12.4 Å². The summed E-state index contributed by atoms with van der Waals surface area (Å²) in [6.07, 6.45) is 5.19. The molecule has 1 amide bonds. The topological polar surface area (TPSA) is 81.9 Å². The molecule has 3 aromatic rings. The highest BCUT2D eigenvalue weighted by atomic mass is 32.2. The zero-order chi connectivity index (χ0) is 19.9. The Morgan fingerprint density at radius 1 is 1.25 bits per heavy atom. The van der Waals surface area contributed by atoms with Crippen LogP contribution in [-0.2, 0) is 11.3 Å². The maximum absolute atomic E-state index is 12.6. The molecule has 2 heterocycles. The van der Waals surface area contributed by atoms with Gasteiger partial charge in [-0.1, -0.05) is 17.8 Å². The van der Waals surface area contributed by atoms with Crippen molar-refractivity contribution in [3.05, 3.63) is 61.4 Å². The van der Waals surface area contributed by atoms with Crippen molar-refractivity contribution in [3.8, 4) is 17.1 Å². The van der Waals surface area contributed by atoms with E-state index < -0.39 is 0 Å². The lowest BCUT2D eigenvalue weighted by Gasteiger charge is -2.13. The van der Waals surface area contributed by atoms with Crippen molar-refractivity contribution >= 4 is 23.4 Å². The smallest absolute Gasteiger partial charge is 0.237 e. The second kappa shape index (κ2) is 9.18. The van der Waals surface area contributed by atoms with Gasteiger partial charge in [-0.05, 0) is 43.3 Å². The number of amides is 1. The number of hydrogen-bond donors (Lipinski definition) is 1. The Hall–Kier alpha value is -3.13. The molecular formula is C20H21N5O2S. The van der Waals surface area contributed by atoms with Crippen LogP contribution in [0.3, 0.4) is 0 Å². The van der Waals surface area contributed by atoms with Crippen LogP contribution in [0.4, 0.5) is 5.69 Å². The lowest BCUT2D eigenvalue weighted by molar-refractivity contribution is -0.115. The Labute approximate surface area is 167 Å². The summed E-state index contributed by atoms with van der Waals surface area (Å²) in [5.41, 5.74) is 1.62. The largest absolute Gasteiger partial charge is 0.497 e. The van der Waals surface area contributed by atoms with Gasteiger partial charge >= 0.3 is 0 Å². The van der Waals surface area contributed by atoms with E-state index in [9.17, 15) is 4.79 Å². The van der Waals surface area contributed by atoms with E-state index in [-0.39, 0.29) is 11.2 Å². The fourth-order valence-electron chi connectivity index (χ4n) is 2.51. The van der Waals surface area contributed by atoms with Gasteiger partial charge in [0.1, 0.15) is 5.75 Å². The Balaban J connectivity index is 1.73. The number of carbonyl (C=O) groups excluding carboxylic acids is 1. The van der Waals surface area contributed by atoms with Crippen LogP contribution in [0.2, 0.25) is 0 Å². The second-order valence-electron chi connectivity index (χ2n) is 5.92. The fourth-order valence-corrected chi connectivity index (χ4v) is 3.37. The molecule has 1 N–H and O–H groups in total. The number of methoxy groups -OCH3 is 1. The van der Waals surface area contributed by atoms with Crippen LogP contribution in [0.25, 0.3) is 11.4 Å². The van der Waals surface area contributed by atoms with Gasteiger partial charge in [0.15, 0.2) is 11.0 Å². The molecule has 144 valence electrons. The lowest BCUT2D eigenvalue weighted by Crippen LogP contribution is -2.23. The number of nitrogens with one attached hydrogen (secondary N) is 1. The second-order valence-corrected chi connectivity index (χ2v) is 7.23. The number of hydrogen-bond acceptors (Lipinski definition) is 6. The van der Waals surface area contributed by atoms with Crippen molar-refractivity contribution < 1.29 is 9.53 Å². The maximum Gasteiger partial charge on any atom is 0.237 e. The number of ether oxygens (including phenoxy) is 1. The molecule has 0 aliphatic rings. The number of aromatic nitrogens is 4. The van der Waals surface area contributed by atoms with Crippen LogP contribution in [-0.4, -0.2) is 38.0 Å². The predicted molar refractivity (Wildman–Crippen MR) is 110 cm³/mol. The summed E-state index contributed by atoms with van der Waals surface area (Å²) in [7, 11) is 1.60. The molecule has 0 fully saturated rings. The first-order valence-electron chi connectivity index (χ1n) is 8.68. The molecule has 0 bridgehead atoms. The Morgan fingerprint density at radius 2 is 1.96 bits per heavy atom. The van der Waals surface area contributed by atoms with E-state index in [4.69, 9.17) is 4.74 Å². The summed E-state index contributed by atoms with van der Waals surface area (Å²) >= 11 is 1.35. The normalized spacial score (nSPS) is 11.6. The number of nitrogens with zero attached hydrogens (tertiary/aromatic N) is 4. The van der Waals surface area contributed by atoms with Gasteiger partial charge in [-0.2, -0.15) is 0 Å². The van der Waals surface area contributed by atoms with E-state index in [1.165, 1.54) is 11.8 Å². The molecule has 0 spiro atoms. The Bertz CT molecular complexity index is 941. The number of pyridine rings is 1.